The molecule has 0 saturated heterocycles. The molecule has 0 radical (unpaired) electrons. The third kappa shape index (κ3) is 1.97. The molecule has 2 heterocycles. The first kappa shape index (κ1) is 11.9. The Morgan fingerprint density at radius 3 is 2.75 bits per heavy atom. The molecule has 0 saturated carbocycles. The lowest BCUT2D eigenvalue weighted by Gasteiger charge is -2.23. The molecule has 0 bridgehead atoms. The van der Waals surface area contributed by atoms with Gasteiger partial charge >= 0.3 is 0 Å². The van der Waals surface area contributed by atoms with Crippen LogP contribution in [0.25, 0.3) is 0 Å². The Kier molecular flexibility index (Phi) is 2.99. The van der Waals surface area contributed by atoms with Crippen molar-refractivity contribution < 1.29 is 5.11 Å². The van der Waals surface area contributed by atoms with E-state index in [2.05, 4.69) is 23.8 Å². The largest absolute Gasteiger partial charge is 0.366 e. The van der Waals surface area contributed by atoms with E-state index in [0.717, 1.165) is 5.70 Å². The van der Waals surface area contributed by atoms with Crippen molar-refractivity contribution in [2.45, 2.75) is 24.4 Å². The third-order valence-corrected chi connectivity index (χ3v) is 3.26. The molecule has 6 heteroatoms. The Bertz CT molecular complexity index is 390. The summed E-state index contributed by atoms with van der Waals surface area (Å²) in [6.07, 6.45) is 3.50. The maximum Gasteiger partial charge on any atom is 0.206 e. The van der Waals surface area contributed by atoms with Crippen molar-refractivity contribution in [3.05, 3.63) is 11.9 Å². The lowest BCUT2D eigenvalue weighted by atomic mass is 10.1. The minimum absolute atomic E-state index is 0.266. The first-order valence-corrected chi connectivity index (χ1v) is 5.92. The zero-order valence-electron chi connectivity index (χ0n) is 9.06. The molecule has 0 aromatic rings. The van der Waals surface area contributed by atoms with Gasteiger partial charge in [-0.25, -0.2) is 4.99 Å². The van der Waals surface area contributed by atoms with Crippen molar-refractivity contribution in [3.8, 4) is 0 Å². The summed E-state index contributed by atoms with van der Waals surface area (Å²) < 4.78 is 0. The summed E-state index contributed by atoms with van der Waals surface area (Å²) in [5.74, 6) is 0.924. The average molecular weight is 262 g/mol. The molecule has 0 aromatic carbocycles. The number of alkyl halides is 2. The van der Waals surface area contributed by atoms with Gasteiger partial charge in [-0.1, -0.05) is 37.0 Å². The number of aliphatic hydroxyl groups is 1. The summed E-state index contributed by atoms with van der Waals surface area (Å²) in [6.45, 7) is 4.38. The smallest absolute Gasteiger partial charge is 0.206 e. The van der Waals surface area contributed by atoms with Gasteiger partial charge in [0, 0.05) is 6.20 Å². The Morgan fingerprint density at radius 2 is 2.19 bits per heavy atom. The monoisotopic (exact) mass is 261 g/mol. The van der Waals surface area contributed by atoms with Crippen molar-refractivity contribution in [1.82, 2.24) is 4.90 Å². The van der Waals surface area contributed by atoms with Gasteiger partial charge in [0.25, 0.3) is 0 Å². The highest BCUT2D eigenvalue weighted by Gasteiger charge is 2.42. The molecule has 2 aliphatic rings. The molecular formula is C10H13Cl2N3O. The molecule has 2 rings (SSSR count). The summed E-state index contributed by atoms with van der Waals surface area (Å²) in [7, 11) is 0. The normalized spacial score (nSPS) is 28.6. The molecule has 1 unspecified atom stereocenters. The average Bonchev–Trinajstić information content (AvgIpc) is 2.54. The van der Waals surface area contributed by atoms with Crippen LogP contribution in [0.4, 0.5) is 0 Å². The highest BCUT2D eigenvalue weighted by molar-refractivity contribution is 6.45. The van der Waals surface area contributed by atoms with E-state index in [4.69, 9.17) is 23.2 Å². The molecule has 88 valence electrons. The number of nitrogens with zero attached hydrogens (tertiary/aromatic N) is 3. The van der Waals surface area contributed by atoms with Crippen molar-refractivity contribution in [3.63, 3.8) is 0 Å². The Labute approximate surface area is 104 Å². The second kappa shape index (κ2) is 4.02. The van der Waals surface area contributed by atoms with Crippen molar-refractivity contribution in [1.29, 1.82) is 0 Å². The molecule has 0 aromatic heterocycles. The predicted molar refractivity (Wildman–Crippen MR) is 66.0 cm³/mol. The lowest BCUT2D eigenvalue weighted by molar-refractivity contribution is 0.0647. The number of allylic oxidation sites excluding steroid dienone is 1. The number of halogens is 2. The van der Waals surface area contributed by atoms with Gasteiger partial charge in [0.2, 0.25) is 5.72 Å². The quantitative estimate of drug-likeness (QED) is 0.771. The van der Waals surface area contributed by atoms with Crippen molar-refractivity contribution in [2.24, 2.45) is 15.9 Å². The molecular weight excluding hydrogens is 249 g/mol. The van der Waals surface area contributed by atoms with Gasteiger partial charge in [-0.15, -0.1) is 0 Å². The first-order chi connectivity index (χ1) is 7.42. The highest BCUT2D eigenvalue weighted by Crippen LogP contribution is 2.30. The SMILES string of the molecule is CC(C)C1=CN2CC(O)(C(Cl)Cl)N=C2C=N1. The summed E-state index contributed by atoms with van der Waals surface area (Å²) in [4.78, 5) is 9.21. The number of rotatable bonds is 2. The minimum Gasteiger partial charge on any atom is -0.366 e. The summed E-state index contributed by atoms with van der Waals surface area (Å²) in [5, 5.41) is 10.0. The van der Waals surface area contributed by atoms with Crippen LogP contribution in [0.5, 0.6) is 0 Å². The third-order valence-electron chi connectivity index (χ3n) is 2.56. The van der Waals surface area contributed by atoms with E-state index in [1.165, 1.54) is 0 Å². The standard InChI is InChI=1S/C10H13Cl2N3O/c1-6(2)7-4-15-5-10(16,9(11)12)14-8(15)3-13-7/h3-4,6,9,16H,5H2,1-2H3. The molecule has 0 fully saturated rings. The van der Waals surface area contributed by atoms with Crippen LogP contribution in [0.2, 0.25) is 0 Å². The molecule has 2 aliphatic heterocycles. The molecule has 4 nitrogen and oxygen atoms in total. The summed E-state index contributed by atoms with van der Waals surface area (Å²) in [6, 6.07) is 0. The van der Waals surface area contributed by atoms with E-state index in [9.17, 15) is 5.11 Å². The Balaban J connectivity index is 2.25. The first-order valence-electron chi connectivity index (χ1n) is 5.05. The second-order valence-corrected chi connectivity index (χ2v) is 5.34. The van der Waals surface area contributed by atoms with E-state index in [1.807, 2.05) is 11.1 Å². The Hall–Kier alpha value is -0.580. The fourth-order valence-electron chi connectivity index (χ4n) is 1.59. The second-order valence-electron chi connectivity index (χ2n) is 4.24. The van der Waals surface area contributed by atoms with Gasteiger partial charge < -0.3 is 10.0 Å². The van der Waals surface area contributed by atoms with E-state index in [-0.39, 0.29) is 6.54 Å². The van der Waals surface area contributed by atoms with Gasteiger partial charge in [-0.05, 0) is 5.92 Å². The maximum atomic E-state index is 10.0. The minimum atomic E-state index is -1.44. The van der Waals surface area contributed by atoms with E-state index < -0.39 is 10.6 Å². The van der Waals surface area contributed by atoms with E-state index in [0.29, 0.717) is 11.8 Å². The molecule has 1 atom stereocenters. The van der Waals surface area contributed by atoms with Gasteiger partial charge in [0.05, 0.1) is 18.5 Å². The van der Waals surface area contributed by atoms with Crippen LogP contribution in [0, 0.1) is 5.92 Å². The zero-order valence-corrected chi connectivity index (χ0v) is 10.6. The zero-order chi connectivity index (χ0) is 11.9. The fourth-order valence-corrected chi connectivity index (χ4v) is 1.82. The molecule has 0 spiro atoms. The highest BCUT2D eigenvalue weighted by atomic mass is 35.5. The molecule has 16 heavy (non-hydrogen) atoms. The maximum absolute atomic E-state index is 10.0. The number of hydrogen-bond donors (Lipinski definition) is 1. The summed E-state index contributed by atoms with van der Waals surface area (Å²) in [5.41, 5.74) is -0.489. The molecule has 0 amide bonds. The fraction of sp³-hybridized carbons (Fsp3) is 0.600. The number of fused-ring (bicyclic) bond motifs is 1. The van der Waals surface area contributed by atoms with Crippen LogP contribution in [0.15, 0.2) is 21.9 Å². The van der Waals surface area contributed by atoms with Crippen molar-refractivity contribution in [2.75, 3.05) is 6.54 Å². The van der Waals surface area contributed by atoms with Crippen LogP contribution in [0.3, 0.4) is 0 Å². The topological polar surface area (TPSA) is 48.2 Å². The number of amidine groups is 1. The number of aliphatic imine (C=N–C) groups is 2. The van der Waals surface area contributed by atoms with Crippen LogP contribution in [-0.2, 0) is 0 Å². The van der Waals surface area contributed by atoms with Crippen LogP contribution in [0.1, 0.15) is 13.8 Å². The van der Waals surface area contributed by atoms with Gasteiger partial charge in [-0.3, -0.25) is 4.99 Å². The number of hydrogen-bond acceptors (Lipinski definition) is 4. The van der Waals surface area contributed by atoms with E-state index in [1.54, 1.807) is 6.21 Å². The van der Waals surface area contributed by atoms with Crippen LogP contribution < -0.4 is 0 Å². The molecule has 1 N–H and O–H groups in total. The van der Waals surface area contributed by atoms with Crippen LogP contribution in [-0.4, -0.2) is 39.2 Å². The van der Waals surface area contributed by atoms with Gasteiger partial charge in [-0.2, -0.15) is 0 Å². The lowest BCUT2D eigenvalue weighted by Crippen LogP contribution is -2.39. The van der Waals surface area contributed by atoms with Gasteiger partial charge in [0.15, 0.2) is 4.84 Å². The predicted octanol–water partition coefficient (Wildman–Crippen LogP) is 1.77. The Morgan fingerprint density at radius 1 is 1.50 bits per heavy atom. The van der Waals surface area contributed by atoms with Gasteiger partial charge in [0.1, 0.15) is 5.84 Å². The van der Waals surface area contributed by atoms with Crippen molar-refractivity contribution >= 4 is 35.3 Å². The van der Waals surface area contributed by atoms with E-state index >= 15 is 0 Å². The molecule has 0 aliphatic carbocycles. The summed E-state index contributed by atoms with van der Waals surface area (Å²) >= 11 is 11.4. The van der Waals surface area contributed by atoms with Crippen LogP contribution >= 0.6 is 23.2 Å².